The van der Waals surface area contributed by atoms with Crippen LogP contribution in [0.15, 0.2) is 28.8 Å². The van der Waals surface area contributed by atoms with E-state index in [1.54, 1.807) is 31.1 Å². The van der Waals surface area contributed by atoms with Gasteiger partial charge in [0.05, 0.1) is 13.1 Å². The number of nitrogens with one attached hydrogen (secondary N) is 1. The molecule has 2 aromatic rings. The van der Waals surface area contributed by atoms with Crippen molar-refractivity contribution in [1.29, 1.82) is 0 Å². The number of likely N-dealkylation sites (N-methyl/N-ethyl adjacent to an activating group) is 2. The van der Waals surface area contributed by atoms with Gasteiger partial charge in [-0.25, -0.2) is 4.39 Å². The minimum absolute atomic E-state index is 0.0919. The Morgan fingerprint density at radius 2 is 2.10 bits per heavy atom. The normalized spacial score (nSPS) is 10.8. The van der Waals surface area contributed by atoms with Gasteiger partial charge in [-0.2, -0.15) is 4.98 Å². The quantitative estimate of drug-likeness (QED) is 0.885. The monoisotopic (exact) mass is 278 g/mol. The second-order valence-electron chi connectivity index (χ2n) is 4.36. The average Bonchev–Trinajstić information content (AvgIpc) is 2.87. The lowest BCUT2D eigenvalue weighted by Crippen LogP contribution is -2.32. The number of nitrogens with zero attached hydrogens (tertiary/aromatic N) is 3. The Balaban J connectivity index is 2.02. The molecule has 0 aliphatic carbocycles. The zero-order valence-electron chi connectivity index (χ0n) is 11.3. The van der Waals surface area contributed by atoms with Crippen molar-refractivity contribution < 1.29 is 13.7 Å². The molecule has 0 fully saturated rings. The topological polar surface area (TPSA) is 71.3 Å². The molecule has 0 bridgehead atoms. The van der Waals surface area contributed by atoms with E-state index < -0.39 is 0 Å². The third-order valence-electron chi connectivity index (χ3n) is 2.67. The number of hydrogen-bond donors (Lipinski definition) is 1. The van der Waals surface area contributed by atoms with Crippen LogP contribution in [0, 0.1) is 5.82 Å². The molecule has 20 heavy (non-hydrogen) atoms. The summed E-state index contributed by atoms with van der Waals surface area (Å²) in [4.78, 5) is 17.2. The molecule has 106 valence electrons. The molecule has 1 amide bonds. The smallest absolute Gasteiger partial charge is 0.241 e. The lowest BCUT2D eigenvalue weighted by Gasteiger charge is -2.12. The maximum atomic E-state index is 12.8. The molecule has 1 aromatic carbocycles. The molecule has 0 atom stereocenters. The third-order valence-corrected chi connectivity index (χ3v) is 2.67. The van der Waals surface area contributed by atoms with E-state index in [0.717, 1.165) is 0 Å². The summed E-state index contributed by atoms with van der Waals surface area (Å²) in [5.41, 5.74) is 0.676. The zero-order chi connectivity index (χ0) is 14.5. The first-order valence-electron chi connectivity index (χ1n) is 6.06. The Bertz CT molecular complexity index is 582. The van der Waals surface area contributed by atoms with Crippen molar-refractivity contribution in [1.82, 2.24) is 20.4 Å². The predicted octanol–water partition coefficient (Wildman–Crippen LogP) is 1.05. The van der Waals surface area contributed by atoms with Crippen molar-refractivity contribution in [3.63, 3.8) is 0 Å². The van der Waals surface area contributed by atoms with Crippen LogP contribution in [0.2, 0.25) is 0 Å². The molecule has 1 N–H and O–H groups in total. The first-order valence-corrected chi connectivity index (χ1v) is 6.06. The summed E-state index contributed by atoms with van der Waals surface area (Å²) < 4.78 is 17.9. The van der Waals surface area contributed by atoms with Crippen molar-refractivity contribution in [2.24, 2.45) is 0 Å². The average molecular weight is 278 g/mol. The molecular formula is C13H15FN4O2. The number of halogens is 1. The maximum absolute atomic E-state index is 12.8. The van der Waals surface area contributed by atoms with E-state index in [2.05, 4.69) is 15.5 Å². The van der Waals surface area contributed by atoms with Crippen molar-refractivity contribution in [3.05, 3.63) is 36.0 Å². The van der Waals surface area contributed by atoms with Crippen LogP contribution in [0.5, 0.6) is 0 Å². The third kappa shape index (κ3) is 3.61. The van der Waals surface area contributed by atoms with Crippen LogP contribution < -0.4 is 5.32 Å². The minimum Gasteiger partial charge on any atom is -0.358 e. The van der Waals surface area contributed by atoms with E-state index in [0.29, 0.717) is 23.8 Å². The molecule has 6 nitrogen and oxygen atoms in total. The van der Waals surface area contributed by atoms with Crippen molar-refractivity contribution in [3.8, 4) is 11.4 Å². The molecule has 0 unspecified atom stereocenters. The summed E-state index contributed by atoms with van der Waals surface area (Å²) in [6, 6.07) is 5.84. The Morgan fingerprint density at radius 3 is 2.75 bits per heavy atom. The van der Waals surface area contributed by atoms with E-state index >= 15 is 0 Å². The van der Waals surface area contributed by atoms with Crippen molar-refractivity contribution in [2.45, 2.75) is 6.54 Å². The first kappa shape index (κ1) is 14.1. The molecule has 1 heterocycles. The summed E-state index contributed by atoms with van der Waals surface area (Å²) in [5.74, 6) is 0.387. The molecule has 0 saturated heterocycles. The molecule has 2 rings (SSSR count). The Morgan fingerprint density at radius 1 is 1.40 bits per heavy atom. The number of aromatic nitrogens is 2. The van der Waals surface area contributed by atoms with Gasteiger partial charge in [0.1, 0.15) is 5.82 Å². The van der Waals surface area contributed by atoms with Gasteiger partial charge in [0.25, 0.3) is 0 Å². The summed E-state index contributed by atoms with van der Waals surface area (Å²) in [5, 5.41) is 6.37. The van der Waals surface area contributed by atoms with Crippen LogP contribution >= 0.6 is 0 Å². The Kier molecular flexibility index (Phi) is 4.41. The van der Waals surface area contributed by atoms with Crippen LogP contribution in [0.25, 0.3) is 11.4 Å². The van der Waals surface area contributed by atoms with Gasteiger partial charge in [-0.3, -0.25) is 9.69 Å². The lowest BCUT2D eigenvalue weighted by atomic mass is 10.2. The van der Waals surface area contributed by atoms with Gasteiger partial charge in [-0.05, 0) is 31.3 Å². The highest BCUT2D eigenvalue weighted by molar-refractivity contribution is 5.77. The molecule has 7 heteroatoms. The highest BCUT2D eigenvalue weighted by Gasteiger charge is 2.12. The van der Waals surface area contributed by atoms with Gasteiger partial charge in [-0.1, -0.05) is 5.16 Å². The second-order valence-corrected chi connectivity index (χ2v) is 4.36. The predicted molar refractivity (Wildman–Crippen MR) is 70.1 cm³/mol. The fourth-order valence-corrected chi connectivity index (χ4v) is 1.65. The van der Waals surface area contributed by atoms with Crippen LogP contribution in [-0.4, -0.2) is 41.6 Å². The zero-order valence-corrected chi connectivity index (χ0v) is 11.3. The lowest BCUT2D eigenvalue weighted by molar-refractivity contribution is -0.121. The van der Waals surface area contributed by atoms with Gasteiger partial charge in [-0.15, -0.1) is 0 Å². The van der Waals surface area contributed by atoms with Crippen molar-refractivity contribution >= 4 is 5.91 Å². The van der Waals surface area contributed by atoms with Gasteiger partial charge < -0.3 is 9.84 Å². The Labute approximate surface area is 115 Å². The summed E-state index contributed by atoms with van der Waals surface area (Å²) in [6.07, 6.45) is 0. The van der Waals surface area contributed by atoms with Gasteiger partial charge >= 0.3 is 0 Å². The molecule has 0 spiro atoms. The number of rotatable bonds is 5. The van der Waals surface area contributed by atoms with Gasteiger partial charge in [0.15, 0.2) is 0 Å². The van der Waals surface area contributed by atoms with Crippen LogP contribution in [0.3, 0.4) is 0 Å². The van der Waals surface area contributed by atoms with Crippen molar-refractivity contribution in [2.75, 3.05) is 20.6 Å². The highest BCUT2D eigenvalue weighted by atomic mass is 19.1. The second kappa shape index (κ2) is 6.25. The molecule has 0 aliphatic heterocycles. The fraction of sp³-hybridized carbons (Fsp3) is 0.308. The number of amides is 1. The van der Waals surface area contributed by atoms with E-state index in [1.165, 1.54) is 12.1 Å². The standard InChI is InChI=1S/C13H15FN4O2/c1-15-11(19)7-18(2)8-12-16-13(17-20-12)9-3-5-10(14)6-4-9/h3-6H,7-8H2,1-2H3,(H,15,19). The highest BCUT2D eigenvalue weighted by Crippen LogP contribution is 2.16. The largest absolute Gasteiger partial charge is 0.358 e. The SMILES string of the molecule is CNC(=O)CN(C)Cc1nc(-c2ccc(F)cc2)no1. The maximum Gasteiger partial charge on any atom is 0.241 e. The number of carbonyl (C=O) groups excluding carboxylic acids is 1. The number of hydrogen-bond acceptors (Lipinski definition) is 5. The first-order chi connectivity index (χ1) is 9.58. The van der Waals surface area contributed by atoms with Gasteiger partial charge in [0.2, 0.25) is 17.6 Å². The molecule has 1 aromatic heterocycles. The van der Waals surface area contributed by atoms with Crippen LogP contribution in [0.1, 0.15) is 5.89 Å². The van der Waals surface area contributed by atoms with E-state index in [-0.39, 0.29) is 18.3 Å². The molecular weight excluding hydrogens is 263 g/mol. The summed E-state index contributed by atoms with van der Waals surface area (Å²) in [7, 11) is 3.35. The Hall–Kier alpha value is -2.28. The summed E-state index contributed by atoms with van der Waals surface area (Å²) >= 11 is 0. The molecule has 0 aliphatic rings. The molecule has 0 radical (unpaired) electrons. The fourth-order valence-electron chi connectivity index (χ4n) is 1.65. The number of carbonyl (C=O) groups is 1. The summed E-state index contributed by atoms with van der Waals surface area (Å²) in [6.45, 7) is 0.604. The number of benzene rings is 1. The van der Waals surface area contributed by atoms with E-state index in [4.69, 9.17) is 4.52 Å². The van der Waals surface area contributed by atoms with Gasteiger partial charge in [0, 0.05) is 12.6 Å². The molecule has 0 saturated carbocycles. The van der Waals surface area contributed by atoms with Crippen LogP contribution in [0.4, 0.5) is 4.39 Å². The van der Waals surface area contributed by atoms with E-state index in [9.17, 15) is 9.18 Å². The van der Waals surface area contributed by atoms with Crippen LogP contribution in [-0.2, 0) is 11.3 Å². The van der Waals surface area contributed by atoms with E-state index in [1.807, 2.05) is 0 Å². The minimum atomic E-state index is -0.317.